The molecule has 0 radical (unpaired) electrons. The lowest BCUT2D eigenvalue weighted by Crippen LogP contribution is -2.13. The minimum Gasteiger partial charge on any atom is -0.446 e. The molecule has 21 heavy (non-hydrogen) atoms. The number of furan rings is 1. The highest BCUT2D eigenvalue weighted by atomic mass is 79.9. The summed E-state index contributed by atoms with van der Waals surface area (Å²) in [5.41, 5.74) is 0.111. The van der Waals surface area contributed by atoms with E-state index in [2.05, 4.69) is 26.0 Å². The Bertz CT molecular complexity index is 731. The number of sulfonamides is 1. The van der Waals surface area contributed by atoms with Gasteiger partial charge in [0.25, 0.3) is 10.0 Å². The van der Waals surface area contributed by atoms with Crippen molar-refractivity contribution in [3.05, 3.63) is 46.4 Å². The fraction of sp³-hybridized carbons (Fsp3) is 0.231. The van der Waals surface area contributed by atoms with Crippen LogP contribution in [0, 0.1) is 5.82 Å². The molecule has 0 saturated carbocycles. The first-order valence-electron chi connectivity index (χ1n) is 6.19. The molecular weight excluding hydrogens is 363 g/mol. The fourth-order valence-corrected chi connectivity index (χ4v) is 3.12. The third-order valence-corrected chi connectivity index (χ3v) is 4.55. The second-order valence-corrected chi connectivity index (χ2v) is 6.70. The first-order chi connectivity index (χ1) is 9.92. The SMILES string of the molecule is CCNCc1ccc(S(=O)(=O)Nc2cc(F)ccc2Br)o1. The zero-order chi connectivity index (χ0) is 15.5. The third-order valence-electron chi connectivity index (χ3n) is 2.62. The predicted octanol–water partition coefficient (Wildman–Crippen LogP) is 3.09. The molecule has 0 aliphatic heterocycles. The van der Waals surface area contributed by atoms with Crippen LogP contribution in [0.4, 0.5) is 10.1 Å². The summed E-state index contributed by atoms with van der Waals surface area (Å²) in [6.07, 6.45) is 0. The van der Waals surface area contributed by atoms with Crippen LogP contribution in [0.2, 0.25) is 0 Å². The van der Waals surface area contributed by atoms with E-state index in [1.807, 2.05) is 6.92 Å². The smallest absolute Gasteiger partial charge is 0.295 e. The van der Waals surface area contributed by atoms with Gasteiger partial charge in [-0.15, -0.1) is 0 Å². The number of nitrogens with one attached hydrogen (secondary N) is 2. The second-order valence-electron chi connectivity index (χ2n) is 4.23. The summed E-state index contributed by atoms with van der Waals surface area (Å²) in [5, 5.41) is 2.81. The van der Waals surface area contributed by atoms with Crippen molar-refractivity contribution in [2.24, 2.45) is 0 Å². The van der Waals surface area contributed by atoms with Crippen LogP contribution in [0.5, 0.6) is 0 Å². The molecule has 0 aliphatic carbocycles. The van der Waals surface area contributed by atoms with Crippen molar-refractivity contribution >= 4 is 31.6 Å². The fourth-order valence-electron chi connectivity index (χ4n) is 1.62. The predicted molar refractivity (Wildman–Crippen MR) is 81.0 cm³/mol. The van der Waals surface area contributed by atoms with Gasteiger partial charge in [0.15, 0.2) is 0 Å². The van der Waals surface area contributed by atoms with Crippen LogP contribution in [0.25, 0.3) is 0 Å². The molecular formula is C13H14BrFN2O3S. The van der Waals surface area contributed by atoms with Gasteiger partial charge in [-0.2, -0.15) is 8.42 Å². The second kappa shape index (κ2) is 6.59. The number of rotatable bonds is 6. The van der Waals surface area contributed by atoms with Gasteiger partial charge in [-0.05, 0) is 52.8 Å². The van der Waals surface area contributed by atoms with Crippen LogP contribution in [-0.4, -0.2) is 15.0 Å². The van der Waals surface area contributed by atoms with Crippen LogP contribution in [-0.2, 0) is 16.6 Å². The molecule has 0 unspecified atom stereocenters. The van der Waals surface area contributed by atoms with E-state index in [4.69, 9.17) is 4.42 Å². The highest BCUT2D eigenvalue weighted by Crippen LogP contribution is 2.26. The van der Waals surface area contributed by atoms with Gasteiger partial charge in [0.05, 0.1) is 12.2 Å². The van der Waals surface area contributed by atoms with E-state index in [-0.39, 0.29) is 10.8 Å². The molecule has 5 nitrogen and oxygen atoms in total. The largest absolute Gasteiger partial charge is 0.446 e. The molecule has 0 amide bonds. The molecule has 0 atom stereocenters. The zero-order valence-electron chi connectivity index (χ0n) is 11.2. The molecule has 2 rings (SSSR count). The first kappa shape index (κ1) is 16.0. The summed E-state index contributed by atoms with van der Waals surface area (Å²) in [5.74, 6) is -0.0290. The molecule has 1 aromatic heterocycles. The quantitative estimate of drug-likeness (QED) is 0.812. The maximum absolute atomic E-state index is 13.2. The molecule has 0 bridgehead atoms. The van der Waals surface area contributed by atoms with Gasteiger partial charge < -0.3 is 9.73 Å². The Kier molecular flexibility index (Phi) is 5.02. The lowest BCUT2D eigenvalue weighted by atomic mass is 10.3. The van der Waals surface area contributed by atoms with E-state index < -0.39 is 15.8 Å². The molecule has 1 heterocycles. The number of hydrogen-bond acceptors (Lipinski definition) is 4. The van der Waals surface area contributed by atoms with Crippen LogP contribution in [0.1, 0.15) is 12.7 Å². The summed E-state index contributed by atoms with van der Waals surface area (Å²) in [6, 6.07) is 6.68. The number of halogens is 2. The lowest BCUT2D eigenvalue weighted by molar-refractivity contribution is 0.405. The van der Waals surface area contributed by atoms with E-state index in [0.717, 1.165) is 12.6 Å². The van der Waals surface area contributed by atoms with Gasteiger partial charge in [-0.3, -0.25) is 4.72 Å². The maximum Gasteiger partial charge on any atom is 0.295 e. The van der Waals surface area contributed by atoms with E-state index in [9.17, 15) is 12.8 Å². The Morgan fingerprint density at radius 3 is 2.76 bits per heavy atom. The van der Waals surface area contributed by atoms with Crippen molar-refractivity contribution < 1.29 is 17.2 Å². The topological polar surface area (TPSA) is 71.3 Å². The molecule has 8 heteroatoms. The average molecular weight is 377 g/mol. The van der Waals surface area contributed by atoms with Gasteiger partial charge >= 0.3 is 0 Å². The van der Waals surface area contributed by atoms with Gasteiger partial charge in [0, 0.05) is 4.47 Å². The highest BCUT2D eigenvalue weighted by molar-refractivity contribution is 9.10. The van der Waals surface area contributed by atoms with Gasteiger partial charge in [0.2, 0.25) is 5.09 Å². The number of hydrogen-bond donors (Lipinski definition) is 2. The molecule has 2 aromatic rings. The minimum absolute atomic E-state index is 0.111. The number of benzene rings is 1. The van der Waals surface area contributed by atoms with Crippen molar-refractivity contribution in [3.63, 3.8) is 0 Å². The Labute approximate surface area is 130 Å². The Balaban J connectivity index is 2.22. The molecule has 0 fully saturated rings. The molecule has 114 valence electrons. The maximum atomic E-state index is 13.2. The Hall–Kier alpha value is -1.38. The first-order valence-corrected chi connectivity index (χ1v) is 8.47. The van der Waals surface area contributed by atoms with Crippen LogP contribution >= 0.6 is 15.9 Å². The summed E-state index contributed by atoms with van der Waals surface area (Å²) < 4.78 is 45.5. The zero-order valence-corrected chi connectivity index (χ0v) is 13.6. The van der Waals surface area contributed by atoms with Crippen molar-refractivity contribution in [2.45, 2.75) is 18.6 Å². The van der Waals surface area contributed by atoms with Crippen molar-refractivity contribution in [1.82, 2.24) is 5.32 Å². The molecule has 0 spiro atoms. The van der Waals surface area contributed by atoms with Gasteiger partial charge in [-0.25, -0.2) is 4.39 Å². The lowest BCUT2D eigenvalue weighted by Gasteiger charge is -2.08. The Morgan fingerprint density at radius 2 is 2.05 bits per heavy atom. The number of anilines is 1. The van der Waals surface area contributed by atoms with E-state index >= 15 is 0 Å². The van der Waals surface area contributed by atoms with Crippen molar-refractivity contribution in [2.75, 3.05) is 11.3 Å². The molecule has 0 aliphatic rings. The molecule has 2 N–H and O–H groups in total. The van der Waals surface area contributed by atoms with Crippen molar-refractivity contribution in [3.8, 4) is 0 Å². The normalized spacial score (nSPS) is 11.6. The van der Waals surface area contributed by atoms with Crippen LogP contribution in [0.15, 0.2) is 44.3 Å². The third kappa shape index (κ3) is 4.05. The van der Waals surface area contributed by atoms with Gasteiger partial charge in [-0.1, -0.05) is 6.92 Å². The summed E-state index contributed by atoms with van der Waals surface area (Å²) in [6.45, 7) is 3.12. The minimum atomic E-state index is -3.90. The molecule has 1 aromatic carbocycles. The van der Waals surface area contributed by atoms with E-state index in [1.165, 1.54) is 18.2 Å². The highest BCUT2D eigenvalue weighted by Gasteiger charge is 2.20. The van der Waals surface area contributed by atoms with Gasteiger partial charge in [0.1, 0.15) is 11.6 Å². The van der Waals surface area contributed by atoms with Crippen LogP contribution < -0.4 is 10.0 Å². The average Bonchev–Trinajstić information content (AvgIpc) is 2.90. The Morgan fingerprint density at radius 1 is 1.29 bits per heavy atom. The summed E-state index contributed by atoms with van der Waals surface area (Å²) in [7, 11) is -3.90. The van der Waals surface area contributed by atoms with E-state index in [1.54, 1.807) is 6.07 Å². The summed E-state index contributed by atoms with van der Waals surface area (Å²) in [4.78, 5) is 0. The van der Waals surface area contributed by atoms with Crippen molar-refractivity contribution in [1.29, 1.82) is 0 Å². The monoisotopic (exact) mass is 376 g/mol. The summed E-state index contributed by atoms with van der Waals surface area (Å²) >= 11 is 3.16. The molecule has 0 saturated heterocycles. The van der Waals surface area contributed by atoms with Crippen LogP contribution in [0.3, 0.4) is 0 Å². The van der Waals surface area contributed by atoms with E-state index in [0.29, 0.717) is 16.8 Å². The standard InChI is InChI=1S/C13H14BrFN2O3S/c1-2-16-8-10-4-6-13(20-10)21(18,19)17-12-7-9(15)3-5-11(12)14/h3-7,16-17H,2,8H2,1H3.